The maximum Gasteiger partial charge on any atom is 0.323 e. The third kappa shape index (κ3) is 3.81. The second-order valence-electron chi connectivity index (χ2n) is 5.96. The monoisotopic (exact) mass is 354 g/mol. The van der Waals surface area contributed by atoms with E-state index in [1.54, 1.807) is 32.4 Å². The summed E-state index contributed by atoms with van der Waals surface area (Å²) < 4.78 is 15.8. The Kier molecular flexibility index (Phi) is 5.43. The van der Waals surface area contributed by atoms with E-state index in [0.717, 1.165) is 22.0 Å². The van der Waals surface area contributed by atoms with E-state index in [9.17, 15) is 4.79 Å². The standard InChI is InChI=1S/C20H22N2O4/c1-24-15-8-7-13(19(10-15)25-2)12-26-20(23)17(21)9-14-11-22-18-6-4-3-5-16(14)18/h3-8,10-11,17,22H,9,12,21H2,1-2H3/t17-/m0/s1. The normalized spacial score (nSPS) is 12.0. The fourth-order valence-electron chi connectivity index (χ4n) is 2.85. The number of aromatic nitrogens is 1. The molecule has 6 nitrogen and oxygen atoms in total. The van der Waals surface area contributed by atoms with Gasteiger partial charge in [0.15, 0.2) is 0 Å². The molecule has 1 atom stereocenters. The molecule has 0 amide bonds. The number of methoxy groups -OCH3 is 2. The molecule has 3 rings (SSSR count). The summed E-state index contributed by atoms with van der Waals surface area (Å²) in [5.41, 5.74) is 8.80. The number of H-pyrrole nitrogens is 1. The SMILES string of the molecule is COc1ccc(COC(=O)[C@@H](N)Cc2c[nH]c3ccccc23)c(OC)c1. The van der Waals surface area contributed by atoms with Gasteiger partial charge in [-0.3, -0.25) is 4.79 Å². The number of benzene rings is 2. The maximum atomic E-state index is 12.3. The van der Waals surface area contributed by atoms with Crippen LogP contribution in [0.25, 0.3) is 10.9 Å². The first-order valence-corrected chi connectivity index (χ1v) is 8.30. The van der Waals surface area contributed by atoms with Gasteiger partial charge in [0.25, 0.3) is 0 Å². The Morgan fingerprint density at radius 2 is 1.92 bits per heavy atom. The zero-order chi connectivity index (χ0) is 18.5. The largest absolute Gasteiger partial charge is 0.497 e. The Morgan fingerprint density at radius 3 is 2.69 bits per heavy atom. The van der Waals surface area contributed by atoms with Crippen molar-refractivity contribution in [3.05, 3.63) is 59.8 Å². The zero-order valence-corrected chi connectivity index (χ0v) is 14.8. The lowest BCUT2D eigenvalue weighted by Crippen LogP contribution is -2.34. The molecule has 1 heterocycles. The topological polar surface area (TPSA) is 86.6 Å². The minimum Gasteiger partial charge on any atom is -0.497 e. The molecule has 0 unspecified atom stereocenters. The Morgan fingerprint density at radius 1 is 1.12 bits per heavy atom. The van der Waals surface area contributed by atoms with E-state index in [-0.39, 0.29) is 6.61 Å². The van der Waals surface area contributed by atoms with Gasteiger partial charge < -0.3 is 24.9 Å². The smallest absolute Gasteiger partial charge is 0.323 e. The van der Waals surface area contributed by atoms with Gasteiger partial charge in [-0.15, -0.1) is 0 Å². The van der Waals surface area contributed by atoms with Gasteiger partial charge >= 0.3 is 5.97 Å². The minimum atomic E-state index is -0.738. The van der Waals surface area contributed by atoms with E-state index in [2.05, 4.69) is 4.98 Å². The molecule has 2 aromatic carbocycles. The minimum absolute atomic E-state index is 0.0909. The fraction of sp³-hybridized carbons (Fsp3) is 0.250. The number of aromatic amines is 1. The molecule has 0 bridgehead atoms. The Hall–Kier alpha value is -2.99. The number of rotatable bonds is 7. The Bertz CT molecular complexity index is 904. The molecule has 0 spiro atoms. The number of esters is 1. The van der Waals surface area contributed by atoms with E-state index < -0.39 is 12.0 Å². The fourth-order valence-corrected chi connectivity index (χ4v) is 2.85. The van der Waals surface area contributed by atoms with Crippen molar-refractivity contribution < 1.29 is 19.0 Å². The van der Waals surface area contributed by atoms with Crippen molar-refractivity contribution in [1.82, 2.24) is 4.98 Å². The first-order valence-electron chi connectivity index (χ1n) is 8.30. The van der Waals surface area contributed by atoms with E-state index in [1.807, 2.05) is 30.5 Å². The molecule has 0 aliphatic rings. The molecule has 0 radical (unpaired) electrons. The molecule has 0 saturated carbocycles. The summed E-state index contributed by atoms with van der Waals surface area (Å²) in [6.07, 6.45) is 2.28. The molecular formula is C20H22N2O4. The predicted octanol–water partition coefficient (Wildman–Crippen LogP) is 2.80. The summed E-state index contributed by atoms with van der Waals surface area (Å²) in [7, 11) is 3.14. The van der Waals surface area contributed by atoms with Crippen LogP contribution in [0.3, 0.4) is 0 Å². The van der Waals surface area contributed by atoms with Gasteiger partial charge in [-0.1, -0.05) is 18.2 Å². The summed E-state index contributed by atoms with van der Waals surface area (Å²) in [6.45, 7) is 0.0909. The maximum absolute atomic E-state index is 12.3. The quantitative estimate of drug-likeness (QED) is 0.637. The van der Waals surface area contributed by atoms with E-state index in [4.69, 9.17) is 19.9 Å². The molecule has 6 heteroatoms. The second kappa shape index (κ2) is 7.93. The van der Waals surface area contributed by atoms with Gasteiger partial charge in [0, 0.05) is 35.2 Å². The number of ether oxygens (including phenoxy) is 3. The van der Waals surface area contributed by atoms with E-state index >= 15 is 0 Å². The molecule has 136 valence electrons. The highest BCUT2D eigenvalue weighted by Gasteiger charge is 2.18. The molecule has 0 fully saturated rings. The summed E-state index contributed by atoms with van der Waals surface area (Å²) in [4.78, 5) is 15.5. The third-order valence-corrected chi connectivity index (χ3v) is 4.28. The van der Waals surface area contributed by atoms with Crippen molar-refractivity contribution in [1.29, 1.82) is 0 Å². The summed E-state index contributed by atoms with van der Waals surface area (Å²) in [6, 6.07) is 12.5. The van der Waals surface area contributed by atoms with Crippen molar-refractivity contribution in [3.8, 4) is 11.5 Å². The van der Waals surface area contributed by atoms with E-state index in [0.29, 0.717) is 17.9 Å². The van der Waals surface area contributed by atoms with Gasteiger partial charge in [0.1, 0.15) is 24.1 Å². The van der Waals surface area contributed by atoms with Gasteiger partial charge in [0.05, 0.1) is 14.2 Å². The van der Waals surface area contributed by atoms with Crippen LogP contribution < -0.4 is 15.2 Å². The molecular weight excluding hydrogens is 332 g/mol. The first kappa shape index (κ1) is 17.8. The summed E-state index contributed by atoms with van der Waals surface area (Å²) in [5.74, 6) is 0.823. The molecule has 0 saturated heterocycles. The molecule has 26 heavy (non-hydrogen) atoms. The van der Waals surface area contributed by atoms with Gasteiger partial charge in [0.2, 0.25) is 0 Å². The average molecular weight is 354 g/mol. The zero-order valence-electron chi connectivity index (χ0n) is 14.8. The first-order chi connectivity index (χ1) is 12.6. The van der Waals surface area contributed by atoms with Crippen molar-refractivity contribution in [2.45, 2.75) is 19.1 Å². The van der Waals surface area contributed by atoms with Crippen LogP contribution in [-0.4, -0.2) is 31.2 Å². The number of hydrogen-bond donors (Lipinski definition) is 2. The van der Waals surface area contributed by atoms with Crippen molar-refractivity contribution in [2.24, 2.45) is 5.73 Å². The number of nitrogens with one attached hydrogen (secondary N) is 1. The van der Waals surface area contributed by atoms with E-state index in [1.165, 1.54) is 0 Å². The predicted molar refractivity (Wildman–Crippen MR) is 99.3 cm³/mol. The van der Waals surface area contributed by atoms with Crippen LogP contribution in [0.2, 0.25) is 0 Å². The highest BCUT2D eigenvalue weighted by Crippen LogP contribution is 2.25. The molecule has 0 aliphatic carbocycles. The highest BCUT2D eigenvalue weighted by atomic mass is 16.5. The lowest BCUT2D eigenvalue weighted by atomic mass is 10.1. The number of carbonyl (C=O) groups excluding carboxylic acids is 1. The van der Waals surface area contributed by atoms with Crippen LogP contribution in [0, 0.1) is 0 Å². The molecule has 3 aromatic rings. The van der Waals surface area contributed by atoms with Gasteiger partial charge in [-0.05, 0) is 23.8 Å². The number of carbonyl (C=O) groups is 1. The number of hydrogen-bond acceptors (Lipinski definition) is 5. The van der Waals surface area contributed by atoms with Crippen LogP contribution in [-0.2, 0) is 22.6 Å². The molecule has 0 aliphatic heterocycles. The Labute approximate surface area is 151 Å². The lowest BCUT2D eigenvalue weighted by Gasteiger charge is -2.13. The second-order valence-corrected chi connectivity index (χ2v) is 5.96. The highest BCUT2D eigenvalue weighted by molar-refractivity contribution is 5.84. The summed E-state index contributed by atoms with van der Waals surface area (Å²) in [5, 5.41) is 1.06. The number of para-hydroxylation sites is 1. The molecule has 1 aromatic heterocycles. The Balaban J connectivity index is 1.63. The average Bonchev–Trinajstić information content (AvgIpc) is 3.08. The van der Waals surface area contributed by atoms with Crippen molar-refractivity contribution in [3.63, 3.8) is 0 Å². The van der Waals surface area contributed by atoms with Gasteiger partial charge in [-0.2, -0.15) is 0 Å². The number of nitrogens with two attached hydrogens (primary N) is 1. The van der Waals surface area contributed by atoms with Crippen molar-refractivity contribution >= 4 is 16.9 Å². The number of fused-ring (bicyclic) bond motifs is 1. The van der Waals surface area contributed by atoms with Gasteiger partial charge in [-0.25, -0.2) is 0 Å². The van der Waals surface area contributed by atoms with Crippen LogP contribution >= 0.6 is 0 Å². The van der Waals surface area contributed by atoms with Crippen LogP contribution in [0.4, 0.5) is 0 Å². The van der Waals surface area contributed by atoms with Crippen LogP contribution in [0.5, 0.6) is 11.5 Å². The van der Waals surface area contributed by atoms with Crippen LogP contribution in [0.15, 0.2) is 48.7 Å². The third-order valence-electron chi connectivity index (χ3n) is 4.28. The van der Waals surface area contributed by atoms with Crippen molar-refractivity contribution in [2.75, 3.05) is 14.2 Å². The summed E-state index contributed by atoms with van der Waals surface area (Å²) >= 11 is 0. The van der Waals surface area contributed by atoms with Crippen LogP contribution in [0.1, 0.15) is 11.1 Å². The lowest BCUT2D eigenvalue weighted by molar-refractivity contribution is -0.146. The molecule has 3 N–H and O–H groups in total.